The standard InChI is InChI=1S/C21H15F2N3S/c22-17-11-9-15(10-12-17)14-27-21-25-24-20(16-5-4-6-18(23)13-16)26(21)19-7-2-1-3-8-19/h1-13H,14H2. The van der Waals surface area contributed by atoms with Crippen LogP contribution in [0.3, 0.4) is 0 Å². The second kappa shape index (κ2) is 7.72. The van der Waals surface area contributed by atoms with E-state index in [1.807, 2.05) is 34.9 Å². The highest BCUT2D eigenvalue weighted by atomic mass is 32.2. The van der Waals surface area contributed by atoms with E-state index in [0.717, 1.165) is 11.3 Å². The summed E-state index contributed by atoms with van der Waals surface area (Å²) < 4.78 is 28.7. The maximum atomic E-state index is 13.7. The van der Waals surface area contributed by atoms with Crippen LogP contribution in [0.4, 0.5) is 8.78 Å². The second-order valence-corrected chi connectivity index (χ2v) is 6.85. The van der Waals surface area contributed by atoms with Gasteiger partial charge in [-0.3, -0.25) is 4.57 Å². The van der Waals surface area contributed by atoms with Gasteiger partial charge in [-0.15, -0.1) is 10.2 Å². The molecule has 4 rings (SSSR count). The Morgan fingerprint density at radius 1 is 0.778 bits per heavy atom. The van der Waals surface area contributed by atoms with Crippen molar-refractivity contribution in [2.45, 2.75) is 10.9 Å². The number of rotatable bonds is 5. The molecule has 27 heavy (non-hydrogen) atoms. The Morgan fingerprint density at radius 2 is 1.56 bits per heavy atom. The molecule has 1 heterocycles. The van der Waals surface area contributed by atoms with Gasteiger partial charge >= 0.3 is 0 Å². The molecule has 0 saturated carbocycles. The summed E-state index contributed by atoms with van der Waals surface area (Å²) >= 11 is 1.49. The fourth-order valence-electron chi connectivity index (χ4n) is 2.72. The van der Waals surface area contributed by atoms with Crippen molar-refractivity contribution in [3.63, 3.8) is 0 Å². The molecule has 1 aromatic heterocycles. The summed E-state index contributed by atoms with van der Waals surface area (Å²) in [5.41, 5.74) is 2.53. The lowest BCUT2D eigenvalue weighted by atomic mass is 10.2. The number of hydrogen-bond acceptors (Lipinski definition) is 3. The lowest BCUT2D eigenvalue weighted by Crippen LogP contribution is -1.99. The van der Waals surface area contributed by atoms with Crippen LogP contribution in [-0.4, -0.2) is 14.8 Å². The minimum Gasteiger partial charge on any atom is -0.270 e. The Hall–Kier alpha value is -2.99. The van der Waals surface area contributed by atoms with Gasteiger partial charge in [0, 0.05) is 17.0 Å². The molecule has 0 aliphatic carbocycles. The zero-order chi connectivity index (χ0) is 18.6. The van der Waals surface area contributed by atoms with E-state index in [1.165, 1.54) is 36.0 Å². The van der Waals surface area contributed by atoms with Crippen LogP contribution in [0.1, 0.15) is 5.56 Å². The zero-order valence-corrected chi connectivity index (χ0v) is 15.0. The van der Waals surface area contributed by atoms with E-state index in [4.69, 9.17) is 0 Å². The average Bonchev–Trinajstić information content (AvgIpc) is 3.12. The van der Waals surface area contributed by atoms with E-state index in [9.17, 15) is 8.78 Å². The Morgan fingerprint density at radius 3 is 2.30 bits per heavy atom. The van der Waals surface area contributed by atoms with Gasteiger partial charge in [-0.1, -0.05) is 54.2 Å². The number of nitrogens with zero attached hydrogens (tertiary/aromatic N) is 3. The molecule has 6 heteroatoms. The predicted molar refractivity (Wildman–Crippen MR) is 103 cm³/mol. The van der Waals surface area contributed by atoms with Gasteiger partial charge in [-0.05, 0) is 42.0 Å². The first kappa shape index (κ1) is 17.4. The van der Waals surface area contributed by atoms with Gasteiger partial charge < -0.3 is 0 Å². The summed E-state index contributed by atoms with van der Waals surface area (Å²) in [5, 5.41) is 9.29. The number of halogens is 2. The van der Waals surface area contributed by atoms with E-state index < -0.39 is 0 Å². The van der Waals surface area contributed by atoms with E-state index in [0.29, 0.717) is 22.3 Å². The van der Waals surface area contributed by atoms with Gasteiger partial charge in [-0.25, -0.2) is 8.78 Å². The third-order valence-electron chi connectivity index (χ3n) is 4.01. The molecule has 0 spiro atoms. The van der Waals surface area contributed by atoms with Crippen molar-refractivity contribution in [2.75, 3.05) is 0 Å². The molecule has 0 unspecified atom stereocenters. The molecule has 0 amide bonds. The Bertz CT molecular complexity index is 1050. The molecule has 3 aromatic carbocycles. The molecule has 0 atom stereocenters. The molecular weight excluding hydrogens is 364 g/mol. The topological polar surface area (TPSA) is 30.7 Å². The largest absolute Gasteiger partial charge is 0.270 e. The minimum absolute atomic E-state index is 0.260. The first-order valence-electron chi connectivity index (χ1n) is 8.35. The quantitative estimate of drug-likeness (QED) is 0.429. The van der Waals surface area contributed by atoms with Crippen molar-refractivity contribution < 1.29 is 8.78 Å². The molecule has 0 saturated heterocycles. The van der Waals surface area contributed by atoms with Crippen LogP contribution in [-0.2, 0) is 5.75 Å². The third kappa shape index (κ3) is 3.90. The van der Waals surface area contributed by atoms with Gasteiger partial charge in [0.05, 0.1) is 0 Å². The Balaban J connectivity index is 1.72. The average molecular weight is 379 g/mol. The van der Waals surface area contributed by atoms with Crippen molar-refractivity contribution in [3.05, 3.63) is 96.1 Å². The first-order valence-corrected chi connectivity index (χ1v) is 9.33. The van der Waals surface area contributed by atoms with E-state index in [1.54, 1.807) is 24.3 Å². The number of benzene rings is 3. The molecule has 0 bridgehead atoms. The van der Waals surface area contributed by atoms with Crippen LogP contribution < -0.4 is 0 Å². The maximum Gasteiger partial charge on any atom is 0.196 e. The highest BCUT2D eigenvalue weighted by Crippen LogP contribution is 2.30. The summed E-state index contributed by atoms with van der Waals surface area (Å²) in [6, 6.07) is 22.4. The van der Waals surface area contributed by atoms with Crippen LogP contribution in [0.5, 0.6) is 0 Å². The second-order valence-electron chi connectivity index (χ2n) is 5.90. The van der Waals surface area contributed by atoms with Gasteiger partial charge in [-0.2, -0.15) is 0 Å². The van der Waals surface area contributed by atoms with Crippen molar-refractivity contribution >= 4 is 11.8 Å². The van der Waals surface area contributed by atoms with Crippen LogP contribution in [0.15, 0.2) is 84.0 Å². The van der Waals surface area contributed by atoms with Gasteiger partial charge in [0.2, 0.25) is 0 Å². The lowest BCUT2D eigenvalue weighted by Gasteiger charge is -2.10. The van der Waals surface area contributed by atoms with Gasteiger partial charge in [0.1, 0.15) is 11.6 Å². The Kier molecular flexibility index (Phi) is 4.98. The monoisotopic (exact) mass is 379 g/mol. The minimum atomic E-state index is -0.323. The molecule has 3 nitrogen and oxygen atoms in total. The van der Waals surface area contributed by atoms with Crippen molar-refractivity contribution in [1.29, 1.82) is 0 Å². The molecule has 4 aromatic rings. The van der Waals surface area contributed by atoms with Gasteiger partial charge in [0.25, 0.3) is 0 Å². The van der Waals surface area contributed by atoms with Crippen LogP contribution in [0.2, 0.25) is 0 Å². The number of hydrogen-bond donors (Lipinski definition) is 0. The SMILES string of the molecule is Fc1ccc(CSc2nnc(-c3cccc(F)c3)n2-c2ccccc2)cc1. The Labute approximate surface area is 159 Å². The smallest absolute Gasteiger partial charge is 0.196 e. The summed E-state index contributed by atoms with van der Waals surface area (Å²) in [6.07, 6.45) is 0. The lowest BCUT2D eigenvalue weighted by molar-refractivity contribution is 0.627. The highest BCUT2D eigenvalue weighted by Gasteiger charge is 2.16. The normalized spacial score (nSPS) is 10.9. The first-order chi connectivity index (χ1) is 13.2. The van der Waals surface area contributed by atoms with Crippen molar-refractivity contribution in [1.82, 2.24) is 14.8 Å². The molecule has 0 aliphatic heterocycles. The third-order valence-corrected chi connectivity index (χ3v) is 5.01. The summed E-state index contributed by atoms with van der Waals surface area (Å²) in [6.45, 7) is 0. The number of thioether (sulfide) groups is 1. The maximum absolute atomic E-state index is 13.7. The molecule has 134 valence electrons. The molecule has 0 radical (unpaired) electrons. The number of para-hydroxylation sites is 1. The van der Waals surface area contributed by atoms with E-state index >= 15 is 0 Å². The molecular formula is C21H15F2N3S. The van der Waals surface area contributed by atoms with Crippen LogP contribution in [0.25, 0.3) is 17.1 Å². The molecule has 0 aliphatic rings. The molecule has 0 N–H and O–H groups in total. The van der Waals surface area contributed by atoms with Crippen molar-refractivity contribution in [2.24, 2.45) is 0 Å². The van der Waals surface area contributed by atoms with Gasteiger partial charge in [0.15, 0.2) is 11.0 Å². The highest BCUT2D eigenvalue weighted by molar-refractivity contribution is 7.98. The zero-order valence-electron chi connectivity index (χ0n) is 14.2. The van der Waals surface area contributed by atoms with E-state index in [-0.39, 0.29) is 11.6 Å². The summed E-state index contributed by atoms with van der Waals surface area (Å²) in [7, 11) is 0. The summed E-state index contributed by atoms with van der Waals surface area (Å²) in [4.78, 5) is 0. The van der Waals surface area contributed by atoms with Crippen LogP contribution in [0, 0.1) is 11.6 Å². The predicted octanol–water partition coefficient (Wildman–Crippen LogP) is 5.50. The van der Waals surface area contributed by atoms with E-state index in [2.05, 4.69) is 10.2 Å². The molecule has 0 fully saturated rings. The summed E-state index contributed by atoms with van der Waals surface area (Å²) in [5.74, 6) is 0.608. The fourth-order valence-corrected chi connectivity index (χ4v) is 3.62. The van der Waals surface area contributed by atoms with Crippen LogP contribution >= 0.6 is 11.8 Å². The van der Waals surface area contributed by atoms with Crippen molar-refractivity contribution in [3.8, 4) is 17.1 Å². The number of aromatic nitrogens is 3. The fraction of sp³-hybridized carbons (Fsp3) is 0.0476.